The van der Waals surface area contributed by atoms with Crippen LogP contribution in [0.15, 0.2) is 12.2 Å². The van der Waals surface area contributed by atoms with Gasteiger partial charge in [-0.2, -0.15) is 0 Å². The number of carbonyl (C=O) groups excluding carboxylic acids is 1. The highest BCUT2D eigenvalue weighted by molar-refractivity contribution is 5.81. The Balaban J connectivity index is 4.04. The Labute approximate surface area is 80.4 Å². The Morgan fingerprint density at radius 3 is 2.54 bits per heavy atom. The second-order valence-corrected chi connectivity index (χ2v) is 2.87. The van der Waals surface area contributed by atoms with Gasteiger partial charge in [-0.3, -0.25) is 4.90 Å². The maximum absolute atomic E-state index is 11.1. The molecule has 0 aliphatic rings. The van der Waals surface area contributed by atoms with Crippen LogP contribution < -0.4 is 0 Å². The molecule has 0 aromatic heterocycles. The van der Waals surface area contributed by atoms with Crippen molar-refractivity contribution in [1.82, 2.24) is 4.90 Å². The number of rotatable bonds is 5. The molecular formula is C10H19NO2. The molecule has 0 saturated heterocycles. The summed E-state index contributed by atoms with van der Waals surface area (Å²) in [7, 11) is 1.94. The first-order valence-electron chi connectivity index (χ1n) is 4.69. The molecular weight excluding hydrogens is 166 g/mol. The lowest BCUT2D eigenvalue weighted by atomic mass is 10.4. The molecule has 0 heterocycles. The zero-order valence-electron chi connectivity index (χ0n) is 8.91. The Kier molecular flexibility index (Phi) is 6.24. The average molecular weight is 185 g/mol. The van der Waals surface area contributed by atoms with Crippen LogP contribution in [-0.4, -0.2) is 30.7 Å². The van der Waals surface area contributed by atoms with E-state index in [4.69, 9.17) is 4.74 Å². The Bertz CT molecular complexity index is 178. The van der Waals surface area contributed by atoms with Crippen molar-refractivity contribution in [3.05, 3.63) is 12.2 Å². The van der Waals surface area contributed by atoms with Gasteiger partial charge in [-0.05, 0) is 26.9 Å². The van der Waals surface area contributed by atoms with Gasteiger partial charge < -0.3 is 4.74 Å². The molecule has 76 valence electrons. The quantitative estimate of drug-likeness (QED) is 0.371. The maximum atomic E-state index is 11.1. The molecule has 0 aliphatic heterocycles. The van der Waals surface area contributed by atoms with Crippen molar-refractivity contribution in [3.63, 3.8) is 0 Å². The van der Waals surface area contributed by atoms with Gasteiger partial charge in [0.1, 0.15) is 0 Å². The van der Waals surface area contributed by atoms with Crippen molar-refractivity contribution in [2.24, 2.45) is 0 Å². The molecule has 0 N–H and O–H groups in total. The number of ether oxygens (including phenoxy) is 1. The summed E-state index contributed by atoms with van der Waals surface area (Å²) in [5.74, 6) is -0.269. The summed E-state index contributed by atoms with van der Waals surface area (Å²) in [6, 6.07) is 0. The number of esters is 1. The third kappa shape index (κ3) is 4.68. The van der Waals surface area contributed by atoms with Gasteiger partial charge in [-0.15, -0.1) is 0 Å². The van der Waals surface area contributed by atoms with Crippen molar-refractivity contribution in [2.45, 2.75) is 33.4 Å². The van der Waals surface area contributed by atoms with Gasteiger partial charge >= 0.3 is 5.97 Å². The van der Waals surface area contributed by atoms with E-state index in [1.165, 1.54) is 6.08 Å². The molecule has 0 radical (unpaired) electrons. The first kappa shape index (κ1) is 12.2. The maximum Gasteiger partial charge on any atom is 0.331 e. The molecule has 0 aromatic carbocycles. The summed E-state index contributed by atoms with van der Waals surface area (Å²) in [5.41, 5.74) is 0. The first-order valence-corrected chi connectivity index (χ1v) is 4.69. The van der Waals surface area contributed by atoms with Crippen LogP contribution in [0.2, 0.25) is 0 Å². The minimum Gasteiger partial charge on any atom is -0.443 e. The SMILES string of the molecule is C/C=C/C(=O)OC(CC)N(C)CC. The normalized spacial score (nSPS) is 13.6. The van der Waals surface area contributed by atoms with Gasteiger partial charge in [0.2, 0.25) is 0 Å². The lowest BCUT2D eigenvalue weighted by molar-refractivity contribution is -0.152. The van der Waals surface area contributed by atoms with Crippen molar-refractivity contribution in [1.29, 1.82) is 0 Å². The highest BCUT2D eigenvalue weighted by Gasteiger charge is 2.13. The molecule has 0 bridgehead atoms. The Morgan fingerprint density at radius 1 is 1.54 bits per heavy atom. The fourth-order valence-electron chi connectivity index (χ4n) is 0.998. The van der Waals surface area contributed by atoms with E-state index in [-0.39, 0.29) is 12.2 Å². The third-order valence-electron chi connectivity index (χ3n) is 1.89. The molecule has 0 fully saturated rings. The monoisotopic (exact) mass is 185 g/mol. The van der Waals surface area contributed by atoms with E-state index in [2.05, 4.69) is 0 Å². The van der Waals surface area contributed by atoms with Crippen LogP contribution in [0.3, 0.4) is 0 Å². The third-order valence-corrected chi connectivity index (χ3v) is 1.89. The number of allylic oxidation sites excluding steroid dienone is 1. The summed E-state index contributed by atoms with van der Waals surface area (Å²) >= 11 is 0. The van der Waals surface area contributed by atoms with Crippen LogP contribution in [0.1, 0.15) is 27.2 Å². The van der Waals surface area contributed by atoms with E-state index in [0.717, 1.165) is 13.0 Å². The van der Waals surface area contributed by atoms with Crippen molar-refractivity contribution >= 4 is 5.97 Å². The van der Waals surface area contributed by atoms with E-state index in [1.807, 2.05) is 25.8 Å². The molecule has 0 aliphatic carbocycles. The molecule has 1 unspecified atom stereocenters. The van der Waals surface area contributed by atoms with Gasteiger partial charge in [0.05, 0.1) is 0 Å². The van der Waals surface area contributed by atoms with E-state index >= 15 is 0 Å². The summed E-state index contributed by atoms with van der Waals surface area (Å²) in [5, 5.41) is 0. The minimum atomic E-state index is -0.269. The van der Waals surface area contributed by atoms with Crippen LogP contribution in [0.4, 0.5) is 0 Å². The number of hydrogen-bond donors (Lipinski definition) is 0. The molecule has 13 heavy (non-hydrogen) atoms. The molecule has 1 atom stereocenters. The second-order valence-electron chi connectivity index (χ2n) is 2.87. The highest BCUT2D eigenvalue weighted by atomic mass is 16.6. The molecule has 0 saturated carbocycles. The zero-order valence-corrected chi connectivity index (χ0v) is 8.91. The molecule has 3 heteroatoms. The van der Waals surface area contributed by atoms with E-state index in [0.29, 0.717) is 0 Å². The summed E-state index contributed by atoms with van der Waals surface area (Å²) in [6.07, 6.45) is 3.83. The van der Waals surface area contributed by atoms with Crippen LogP contribution in [0, 0.1) is 0 Å². The lowest BCUT2D eigenvalue weighted by Gasteiger charge is -2.24. The molecule has 0 rings (SSSR count). The van der Waals surface area contributed by atoms with Crippen molar-refractivity contribution < 1.29 is 9.53 Å². The van der Waals surface area contributed by atoms with Crippen LogP contribution in [0.25, 0.3) is 0 Å². The Hall–Kier alpha value is -0.830. The smallest absolute Gasteiger partial charge is 0.331 e. The van der Waals surface area contributed by atoms with E-state index in [1.54, 1.807) is 13.0 Å². The molecule has 0 amide bonds. The van der Waals surface area contributed by atoms with Gasteiger partial charge in [0, 0.05) is 6.08 Å². The van der Waals surface area contributed by atoms with E-state index < -0.39 is 0 Å². The highest BCUT2D eigenvalue weighted by Crippen LogP contribution is 2.03. The fourth-order valence-corrected chi connectivity index (χ4v) is 0.998. The molecule has 3 nitrogen and oxygen atoms in total. The van der Waals surface area contributed by atoms with Gasteiger partial charge in [-0.25, -0.2) is 4.79 Å². The zero-order chi connectivity index (χ0) is 10.3. The van der Waals surface area contributed by atoms with Crippen LogP contribution in [-0.2, 0) is 9.53 Å². The van der Waals surface area contributed by atoms with Gasteiger partial charge in [0.25, 0.3) is 0 Å². The second kappa shape index (κ2) is 6.66. The molecule has 0 spiro atoms. The Morgan fingerprint density at radius 2 is 2.15 bits per heavy atom. The predicted octanol–water partition coefficient (Wildman–Crippen LogP) is 1.79. The summed E-state index contributed by atoms with van der Waals surface area (Å²) < 4.78 is 5.19. The average Bonchev–Trinajstić information content (AvgIpc) is 2.13. The topological polar surface area (TPSA) is 29.5 Å². The standard InChI is InChI=1S/C10H19NO2/c1-5-8-10(12)13-9(6-2)11(4)7-3/h5,8-9H,6-7H2,1-4H3/b8-5+. The largest absolute Gasteiger partial charge is 0.443 e. The molecule has 0 aromatic rings. The van der Waals surface area contributed by atoms with Gasteiger partial charge in [-0.1, -0.05) is 19.9 Å². The summed E-state index contributed by atoms with van der Waals surface area (Å²) in [4.78, 5) is 13.1. The number of nitrogens with zero attached hydrogens (tertiary/aromatic N) is 1. The first-order chi connectivity index (χ1) is 6.15. The van der Waals surface area contributed by atoms with Gasteiger partial charge in [0.15, 0.2) is 6.23 Å². The van der Waals surface area contributed by atoms with Crippen molar-refractivity contribution in [3.8, 4) is 0 Å². The number of hydrogen-bond acceptors (Lipinski definition) is 3. The van der Waals surface area contributed by atoms with Crippen LogP contribution >= 0.6 is 0 Å². The van der Waals surface area contributed by atoms with E-state index in [9.17, 15) is 4.79 Å². The summed E-state index contributed by atoms with van der Waals surface area (Å²) in [6.45, 7) is 6.71. The lowest BCUT2D eigenvalue weighted by Crippen LogP contribution is -2.34. The fraction of sp³-hybridized carbons (Fsp3) is 0.700. The van der Waals surface area contributed by atoms with Crippen LogP contribution in [0.5, 0.6) is 0 Å². The van der Waals surface area contributed by atoms with Crippen molar-refractivity contribution in [2.75, 3.05) is 13.6 Å². The number of carbonyl (C=O) groups is 1. The predicted molar refractivity (Wildman–Crippen MR) is 53.3 cm³/mol. The minimum absolute atomic E-state index is 0.103.